The standard InChI is InChI=1S/C22H44O3/c1-2-3-4-5-6-7-8-9-10-11-12-13-14-15-16-17-18-21(23)19-20-22(24)25/h21,23H,2-20H2,1H3,(H,24,25). The molecular weight excluding hydrogens is 312 g/mol. The molecule has 150 valence electrons. The molecule has 3 nitrogen and oxygen atoms in total. The molecule has 0 aromatic carbocycles. The summed E-state index contributed by atoms with van der Waals surface area (Å²) in [6, 6.07) is 0. The molecule has 0 aromatic heterocycles. The second-order valence-corrected chi connectivity index (χ2v) is 7.68. The van der Waals surface area contributed by atoms with E-state index >= 15 is 0 Å². The molecule has 25 heavy (non-hydrogen) atoms. The van der Waals surface area contributed by atoms with Gasteiger partial charge in [-0.2, -0.15) is 0 Å². The second kappa shape index (κ2) is 19.8. The Hall–Kier alpha value is -0.570. The van der Waals surface area contributed by atoms with E-state index in [1.807, 2.05) is 0 Å². The van der Waals surface area contributed by atoms with Crippen molar-refractivity contribution in [1.29, 1.82) is 0 Å². The molecule has 1 unspecified atom stereocenters. The van der Waals surface area contributed by atoms with Gasteiger partial charge in [-0.05, 0) is 12.8 Å². The normalized spacial score (nSPS) is 12.4. The Labute approximate surface area is 156 Å². The van der Waals surface area contributed by atoms with Gasteiger partial charge in [0.15, 0.2) is 0 Å². The van der Waals surface area contributed by atoms with Crippen molar-refractivity contribution in [2.45, 2.75) is 135 Å². The van der Waals surface area contributed by atoms with Gasteiger partial charge in [0.05, 0.1) is 6.10 Å². The molecule has 0 fully saturated rings. The highest BCUT2D eigenvalue weighted by Crippen LogP contribution is 2.15. The SMILES string of the molecule is CCCCCCCCCCCCCCCCCCC(O)CCC(=O)O. The lowest BCUT2D eigenvalue weighted by Gasteiger charge is -2.08. The van der Waals surface area contributed by atoms with Crippen molar-refractivity contribution >= 4 is 5.97 Å². The molecule has 0 saturated heterocycles. The molecule has 3 heteroatoms. The maximum atomic E-state index is 10.4. The highest BCUT2D eigenvalue weighted by atomic mass is 16.4. The first-order valence-corrected chi connectivity index (χ1v) is 11.1. The first-order chi connectivity index (χ1) is 12.2. The molecule has 0 heterocycles. The second-order valence-electron chi connectivity index (χ2n) is 7.68. The van der Waals surface area contributed by atoms with Crippen LogP contribution in [0.3, 0.4) is 0 Å². The van der Waals surface area contributed by atoms with Gasteiger partial charge in [0, 0.05) is 6.42 Å². The summed E-state index contributed by atoms with van der Waals surface area (Å²) in [6.07, 6.45) is 22.4. The summed E-state index contributed by atoms with van der Waals surface area (Å²) in [5.41, 5.74) is 0. The monoisotopic (exact) mass is 356 g/mol. The van der Waals surface area contributed by atoms with Crippen LogP contribution in [0.25, 0.3) is 0 Å². The summed E-state index contributed by atoms with van der Waals surface area (Å²) >= 11 is 0. The van der Waals surface area contributed by atoms with Crippen LogP contribution >= 0.6 is 0 Å². The predicted molar refractivity (Wildman–Crippen MR) is 107 cm³/mol. The third-order valence-corrected chi connectivity index (χ3v) is 5.08. The Bertz CT molecular complexity index is 278. The van der Waals surface area contributed by atoms with Crippen LogP contribution in [0.2, 0.25) is 0 Å². The zero-order valence-electron chi connectivity index (χ0n) is 16.8. The quantitative estimate of drug-likeness (QED) is 0.234. The lowest BCUT2D eigenvalue weighted by molar-refractivity contribution is -0.137. The molecule has 0 aliphatic rings. The molecule has 0 bridgehead atoms. The van der Waals surface area contributed by atoms with Crippen molar-refractivity contribution in [2.75, 3.05) is 0 Å². The highest BCUT2D eigenvalue weighted by Gasteiger charge is 2.06. The molecule has 0 aliphatic heterocycles. The fourth-order valence-electron chi connectivity index (χ4n) is 3.36. The number of carboxylic acids is 1. The number of aliphatic hydroxyl groups excluding tert-OH is 1. The van der Waals surface area contributed by atoms with Crippen molar-refractivity contribution < 1.29 is 15.0 Å². The van der Waals surface area contributed by atoms with Gasteiger partial charge >= 0.3 is 5.97 Å². The molecular formula is C22H44O3. The molecule has 0 aliphatic carbocycles. The van der Waals surface area contributed by atoms with E-state index < -0.39 is 12.1 Å². The molecule has 0 amide bonds. The summed E-state index contributed by atoms with van der Waals surface area (Å²) in [7, 11) is 0. The first-order valence-electron chi connectivity index (χ1n) is 11.1. The molecule has 0 rings (SSSR count). The zero-order chi connectivity index (χ0) is 18.6. The topological polar surface area (TPSA) is 57.5 Å². The molecule has 0 radical (unpaired) electrons. The van der Waals surface area contributed by atoms with Crippen molar-refractivity contribution in [2.24, 2.45) is 0 Å². The average Bonchev–Trinajstić information content (AvgIpc) is 2.59. The number of carbonyl (C=O) groups is 1. The van der Waals surface area contributed by atoms with E-state index in [4.69, 9.17) is 5.11 Å². The zero-order valence-corrected chi connectivity index (χ0v) is 16.8. The number of hydrogen-bond donors (Lipinski definition) is 2. The van der Waals surface area contributed by atoms with Crippen LogP contribution < -0.4 is 0 Å². The third-order valence-electron chi connectivity index (χ3n) is 5.08. The number of carboxylic acid groups (broad SMARTS) is 1. The van der Waals surface area contributed by atoms with Crippen LogP contribution in [0.4, 0.5) is 0 Å². The van der Waals surface area contributed by atoms with Gasteiger partial charge in [0.1, 0.15) is 0 Å². The van der Waals surface area contributed by atoms with Crippen molar-refractivity contribution in [3.63, 3.8) is 0 Å². The molecule has 0 aromatic rings. The summed E-state index contributed by atoms with van der Waals surface area (Å²) in [4.78, 5) is 10.4. The van der Waals surface area contributed by atoms with Crippen molar-refractivity contribution in [3.8, 4) is 0 Å². The Morgan fingerprint density at radius 3 is 1.36 bits per heavy atom. The van der Waals surface area contributed by atoms with Gasteiger partial charge in [0.2, 0.25) is 0 Å². The minimum atomic E-state index is -0.814. The van der Waals surface area contributed by atoms with E-state index in [-0.39, 0.29) is 6.42 Å². The Morgan fingerprint density at radius 2 is 1.00 bits per heavy atom. The lowest BCUT2D eigenvalue weighted by atomic mass is 10.0. The summed E-state index contributed by atoms with van der Waals surface area (Å²) in [5.74, 6) is -0.814. The minimum Gasteiger partial charge on any atom is -0.481 e. The largest absolute Gasteiger partial charge is 0.481 e. The van der Waals surface area contributed by atoms with Gasteiger partial charge in [-0.25, -0.2) is 0 Å². The Morgan fingerprint density at radius 1 is 0.640 bits per heavy atom. The maximum Gasteiger partial charge on any atom is 0.303 e. The summed E-state index contributed by atoms with van der Waals surface area (Å²) in [5, 5.41) is 18.2. The van der Waals surface area contributed by atoms with Crippen LogP contribution in [-0.2, 0) is 4.79 Å². The fourth-order valence-corrected chi connectivity index (χ4v) is 3.36. The van der Waals surface area contributed by atoms with E-state index in [0.717, 1.165) is 12.8 Å². The van der Waals surface area contributed by atoms with Gasteiger partial charge in [-0.1, -0.05) is 110 Å². The van der Waals surface area contributed by atoms with Crippen molar-refractivity contribution in [1.82, 2.24) is 0 Å². The molecule has 0 saturated carbocycles. The number of rotatable bonds is 20. The van der Waals surface area contributed by atoms with Crippen LogP contribution in [0.15, 0.2) is 0 Å². The van der Waals surface area contributed by atoms with Crippen LogP contribution in [-0.4, -0.2) is 22.3 Å². The maximum absolute atomic E-state index is 10.4. The van der Waals surface area contributed by atoms with Crippen LogP contribution in [0.5, 0.6) is 0 Å². The number of aliphatic carboxylic acids is 1. The van der Waals surface area contributed by atoms with Crippen LogP contribution in [0, 0.1) is 0 Å². The van der Waals surface area contributed by atoms with Gasteiger partial charge in [-0.3, -0.25) is 4.79 Å². The first kappa shape index (κ1) is 24.4. The average molecular weight is 357 g/mol. The van der Waals surface area contributed by atoms with E-state index in [9.17, 15) is 9.90 Å². The van der Waals surface area contributed by atoms with E-state index in [1.54, 1.807) is 0 Å². The minimum absolute atomic E-state index is 0.0834. The smallest absolute Gasteiger partial charge is 0.303 e. The molecule has 0 spiro atoms. The van der Waals surface area contributed by atoms with Crippen molar-refractivity contribution in [3.05, 3.63) is 0 Å². The molecule has 2 N–H and O–H groups in total. The number of hydrogen-bond acceptors (Lipinski definition) is 2. The van der Waals surface area contributed by atoms with E-state index in [0.29, 0.717) is 6.42 Å². The fraction of sp³-hybridized carbons (Fsp3) is 0.955. The molecule has 1 atom stereocenters. The Balaban J connectivity index is 3.08. The van der Waals surface area contributed by atoms with Gasteiger partial charge in [0.25, 0.3) is 0 Å². The van der Waals surface area contributed by atoms with Crippen LogP contribution in [0.1, 0.15) is 129 Å². The van der Waals surface area contributed by atoms with E-state index in [1.165, 1.54) is 96.3 Å². The Kier molecular flexibility index (Phi) is 19.3. The summed E-state index contributed by atoms with van der Waals surface area (Å²) in [6.45, 7) is 2.27. The number of aliphatic hydroxyl groups is 1. The number of unbranched alkanes of at least 4 members (excludes halogenated alkanes) is 15. The predicted octanol–water partition coefficient (Wildman–Crippen LogP) is 6.86. The lowest BCUT2D eigenvalue weighted by Crippen LogP contribution is -2.09. The summed E-state index contributed by atoms with van der Waals surface area (Å²) < 4.78 is 0. The third kappa shape index (κ3) is 21.4. The highest BCUT2D eigenvalue weighted by molar-refractivity contribution is 5.66. The van der Waals surface area contributed by atoms with E-state index in [2.05, 4.69) is 6.92 Å². The van der Waals surface area contributed by atoms with Gasteiger partial charge in [-0.15, -0.1) is 0 Å². The van der Waals surface area contributed by atoms with Gasteiger partial charge < -0.3 is 10.2 Å².